The molecule has 1 aromatic rings. The zero-order valence-corrected chi connectivity index (χ0v) is 11.2. The summed E-state index contributed by atoms with van der Waals surface area (Å²) in [5.41, 5.74) is -1.55. The zero-order valence-electron chi connectivity index (χ0n) is 9.61. The van der Waals surface area contributed by atoms with Crippen molar-refractivity contribution in [2.75, 3.05) is 6.61 Å². The second-order valence-electron chi connectivity index (χ2n) is 4.40. The van der Waals surface area contributed by atoms with Gasteiger partial charge in [-0.05, 0) is 25.2 Å². The van der Waals surface area contributed by atoms with Crippen molar-refractivity contribution in [1.29, 1.82) is 0 Å². The lowest BCUT2D eigenvalue weighted by Gasteiger charge is -2.28. The maximum atomic E-state index is 10.3. The monoisotopic (exact) mass is 290 g/mol. The smallest absolute Gasteiger partial charge is 0.180 e. The highest BCUT2D eigenvalue weighted by Gasteiger charge is 2.52. The Kier molecular flexibility index (Phi) is 3.67. The van der Waals surface area contributed by atoms with Crippen LogP contribution in [-0.2, 0) is 4.74 Å². The van der Waals surface area contributed by atoms with Gasteiger partial charge in [0.15, 0.2) is 11.0 Å². The van der Waals surface area contributed by atoms with Gasteiger partial charge in [0.1, 0.15) is 22.4 Å². The molecule has 0 saturated carbocycles. The van der Waals surface area contributed by atoms with E-state index in [4.69, 9.17) is 34.3 Å². The van der Waals surface area contributed by atoms with E-state index in [0.29, 0.717) is 4.64 Å². The van der Waals surface area contributed by atoms with Crippen LogP contribution in [0.15, 0.2) is 12.3 Å². The third-order valence-electron chi connectivity index (χ3n) is 3.04. The van der Waals surface area contributed by atoms with Gasteiger partial charge in [0, 0.05) is 6.20 Å². The predicted molar refractivity (Wildman–Crippen MR) is 68.1 cm³/mol. The molecule has 0 aliphatic carbocycles. The van der Waals surface area contributed by atoms with E-state index in [1.165, 1.54) is 11.5 Å². The van der Waals surface area contributed by atoms with Crippen LogP contribution in [0.5, 0.6) is 0 Å². The van der Waals surface area contributed by atoms with Gasteiger partial charge in [-0.3, -0.25) is 4.57 Å². The molecule has 18 heavy (non-hydrogen) atoms. The third kappa shape index (κ3) is 2.15. The minimum Gasteiger partial charge on any atom is -0.394 e. The summed E-state index contributed by atoms with van der Waals surface area (Å²) in [5, 5.41) is 29.2. The molecular formula is C10H14N2O4S2. The molecule has 0 aromatic carbocycles. The van der Waals surface area contributed by atoms with Gasteiger partial charge in [-0.1, -0.05) is 12.2 Å². The quantitative estimate of drug-likeness (QED) is 0.585. The fourth-order valence-corrected chi connectivity index (χ4v) is 2.49. The van der Waals surface area contributed by atoms with Crippen molar-refractivity contribution in [2.24, 2.45) is 0 Å². The van der Waals surface area contributed by atoms with Crippen LogP contribution in [0, 0.1) is 9.41 Å². The minimum absolute atomic E-state index is 0.276. The van der Waals surface area contributed by atoms with E-state index in [-0.39, 0.29) is 11.4 Å². The molecule has 2 rings (SSSR count). The molecule has 1 aliphatic rings. The molecule has 100 valence electrons. The number of aromatic amines is 1. The van der Waals surface area contributed by atoms with Crippen molar-refractivity contribution in [1.82, 2.24) is 9.55 Å². The summed E-state index contributed by atoms with van der Waals surface area (Å²) in [5.74, 6) is 0. The first kappa shape index (κ1) is 13.8. The summed E-state index contributed by atoms with van der Waals surface area (Å²) < 4.78 is 7.64. The van der Waals surface area contributed by atoms with E-state index < -0.39 is 24.0 Å². The van der Waals surface area contributed by atoms with Gasteiger partial charge in [-0.25, -0.2) is 0 Å². The van der Waals surface area contributed by atoms with Crippen LogP contribution in [0.25, 0.3) is 0 Å². The second-order valence-corrected chi connectivity index (χ2v) is 5.22. The molecule has 1 aromatic heterocycles. The van der Waals surface area contributed by atoms with Gasteiger partial charge in [-0.15, -0.1) is 0 Å². The van der Waals surface area contributed by atoms with Crippen LogP contribution >= 0.6 is 24.4 Å². The SMILES string of the molecule is CC1(O)C(O)C(CO)OC1n1ccc(=S)[nH]c1=S. The number of aliphatic hydroxyl groups excluding tert-OH is 2. The Morgan fingerprint density at radius 3 is 2.72 bits per heavy atom. The molecule has 0 bridgehead atoms. The Hall–Kier alpha value is -0.640. The summed E-state index contributed by atoms with van der Waals surface area (Å²) in [6.07, 6.45) is -1.36. The highest BCUT2D eigenvalue weighted by Crippen LogP contribution is 2.37. The molecule has 1 saturated heterocycles. The van der Waals surface area contributed by atoms with Gasteiger partial charge in [-0.2, -0.15) is 0 Å². The maximum absolute atomic E-state index is 10.3. The lowest BCUT2D eigenvalue weighted by atomic mass is 9.96. The van der Waals surface area contributed by atoms with Gasteiger partial charge >= 0.3 is 0 Å². The fraction of sp³-hybridized carbons (Fsp3) is 0.600. The Labute approximate surface area is 113 Å². The second kappa shape index (κ2) is 4.80. The number of nitrogens with zero attached hydrogens (tertiary/aromatic N) is 1. The topological polar surface area (TPSA) is 90.6 Å². The van der Waals surface area contributed by atoms with Gasteiger partial charge in [0.2, 0.25) is 0 Å². The molecule has 0 radical (unpaired) electrons. The van der Waals surface area contributed by atoms with Crippen LogP contribution in [0.1, 0.15) is 13.2 Å². The van der Waals surface area contributed by atoms with Crippen molar-refractivity contribution in [2.45, 2.75) is 31.0 Å². The van der Waals surface area contributed by atoms with E-state index in [1.54, 1.807) is 12.3 Å². The summed E-state index contributed by atoms with van der Waals surface area (Å²) in [4.78, 5) is 2.76. The first-order valence-electron chi connectivity index (χ1n) is 5.36. The molecule has 1 aliphatic heterocycles. The number of hydrogen-bond donors (Lipinski definition) is 4. The summed E-state index contributed by atoms with van der Waals surface area (Å²) in [6, 6.07) is 1.60. The first-order chi connectivity index (χ1) is 8.37. The Bertz CT molecular complexity index is 553. The van der Waals surface area contributed by atoms with Gasteiger partial charge < -0.3 is 25.0 Å². The number of ether oxygens (including phenoxy) is 1. The van der Waals surface area contributed by atoms with Crippen molar-refractivity contribution in [3.05, 3.63) is 21.7 Å². The van der Waals surface area contributed by atoms with Crippen LogP contribution in [0.2, 0.25) is 0 Å². The van der Waals surface area contributed by atoms with Gasteiger partial charge in [0.05, 0.1) is 6.61 Å². The highest BCUT2D eigenvalue weighted by atomic mass is 32.1. The van der Waals surface area contributed by atoms with Crippen molar-refractivity contribution >= 4 is 24.4 Å². The van der Waals surface area contributed by atoms with E-state index in [0.717, 1.165) is 0 Å². The lowest BCUT2D eigenvalue weighted by Crippen LogP contribution is -2.44. The van der Waals surface area contributed by atoms with E-state index >= 15 is 0 Å². The number of hydrogen-bond acceptors (Lipinski definition) is 6. The van der Waals surface area contributed by atoms with E-state index in [2.05, 4.69) is 4.98 Å². The van der Waals surface area contributed by atoms with Crippen molar-refractivity contribution in [3.63, 3.8) is 0 Å². The van der Waals surface area contributed by atoms with E-state index in [9.17, 15) is 10.2 Å². The average Bonchev–Trinajstić information content (AvgIpc) is 2.52. The molecule has 8 heteroatoms. The summed E-state index contributed by atoms with van der Waals surface area (Å²) in [7, 11) is 0. The molecule has 0 spiro atoms. The third-order valence-corrected chi connectivity index (χ3v) is 3.59. The predicted octanol–water partition coefficient (Wildman–Crippen LogP) is 0.277. The average molecular weight is 290 g/mol. The lowest BCUT2D eigenvalue weighted by molar-refractivity contribution is -0.0979. The van der Waals surface area contributed by atoms with E-state index in [1.807, 2.05) is 0 Å². The molecule has 6 nitrogen and oxygen atoms in total. The number of aromatic nitrogens is 2. The normalized spacial score (nSPS) is 35.9. The number of H-pyrrole nitrogens is 1. The van der Waals surface area contributed by atoms with Crippen LogP contribution in [-0.4, -0.2) is 49.3 Å². The molecular weight excluding hydrogens is 276 g/mol. The number of nitrogens with one attached hydrogen (secondary N) is 1. The molecule has 4 N–H and O–H groups in total. The molecule has 1 fully saturated rings. The number of aliphatic hydroxyl groups is 3. The zero-order chi connectivity index (χ0) is 13.5. The van der Waals surface area contributed by atoms with Crippen LogP contribution in [0.3, 0.4) is 0 Å². The van der Waals surface area contributed by atoms with Gasteiger partial charge in [0.25, 0.3) is 0 Å². The standard InChI is InChI=1S/C10H14N2O4S2/c1-10(15)7(14)5(4-13)16-8(10)12-3-2-6(17)11-9(12)18/h2-3,5,7-8,13-15H,4H2,1H3,(H,11,17,18). The Balaban J connectivity index is 2.45. The molecule has 0 amide bonds. The van der Waals surface area contributed by atoms with Crippen LogP contribution in [0.4, 0.5) is 0 Å². The van der Waals surface area contributed by atoms with Crippen LogP contribution < -0.4 is 0 Å². The summed E-state index contributed by atoms with van der Waals surface area (Å²) in [6.45, 7) is 1.05. The Morgan fingerprint density at radius 1 is 1.56 bits per heavy atom. The molecule has 4 unspecified atom stereocenters. The summed E-state index contributed by atoms with van der Waals surface area (Å²) >= 11 is 10.0. The largest absolute Gasteiger partial charge is 0.394 e. The maximum Gasteiger partial charge on any atom is 0.180 e. The molecule has 4 atom stereocenters. The van der Waals surface area contributed by atoms with Crippen molar-refractivity contribution in [3.8, 4) is 0 Å². The molecule has 2 heterocycles. The highest BCUT2D eigenvalue weighted by molar-refractivity contribution is 7.72. The first-order valence-corrected chi connectivity index (χ1v) is 6.18. The fourth-order valence-electron chi connectivity index (χ4n) is 2.00. The Morgan fingerprint density at radius 2 is 2.22 bits per heavy atom. The number of rotatable bonds is 2. The van der Waals surface area contributed by atoms with Crippen molar-refractivity contribution < 1.29 is 20.1 Å². The minimum atomic E-state index is -1.55.